The molecule has 5 heteroatoms. The molecule has 0 bridgehead atoms. The molecule has 1 N–H and O–H groups in total. The van der Waals surface area contributed by atoms with E-state index < -0.39 is 0 Å². The van der Waals surface area contributed by atoms with Crippen molar-refractivity contribution in [2.24, 2.45) is 0 Å². The average molecular weight is 240 g/mol. The second-order valence-corrected chi connectivity index (χ2v) is 3.96. The van der Waals surface area contributed by atoms with Gasteiger partial charge in [-0.05, 0) is 31.2 Å². The van der Waals surface area contributed by atoms with E-state index in [0.717, 1.165) is 22.9 Å². The van der Waals surface area contributed by atoms with Crippen molar-refractivity contribution >= 4 is 17.0 Å². The van der Waals surface area contributed by atoms with Crippen molar-refractivity contribution in [2.75, 3.05) is 5.32 Å². The molecule has 0 atom stereocenters. The van der Waals surface area contributed by atoms with Gasteiger partial charge in [0.25, 0.3) is 0 Å². The second kappa shape index (κ2) is 4.44. The smallest absolute Gasteiger partial charge is 0.180 e. The molecule has 0 aromatic carbocycles. The number of fused-ring (bicyclic) bond motifs is 1. The number of aryl methyl sites for hydroxylation is 1. The summed E-state index contributed by atoms with van der Waals surface area (Å²) in [6.07, 6.45) is 3.29. The summed E-state index contributed by atoms with van der Waals surface area (Å²) >= 11 is 0. The molecule has 0 aliphatic rings. The maximum absolute atomic E-state index is 5.47. The highest BCUT2D eigenvalue weighted by atomic mass is 16.3. The summed E-state index contributed by atoms with van der Waals surface area (Å²) in [6, 6.07) is 7.66. The van der Waals surface area contributed by atoms with Crippen molar-refractivity contribution in [1.29, 1.82) is 0 Å². The molecule has 0 fully saturated rings. The highest BCUT2D eigenvalue weighted by molar-refractivity contribution is 5.71. The monoisotopic (exact) mass is 240 g/mol. The summed E-state index contributed by atoms with van der Waals surface area (Å²) in [6.45, 7) is 2.53. The third-order valence-corrected chi connectivity index (χ3v) is 2.57. The van der Waals surface area contributed by atoms with Gasteiger partial charge in [0, 0.05) is 12.4 Å². The third kappa shape index (κ3) is 2.15. The highest BCUT2D eigenvalue weighted by Crippen LogP contribution is 2.12. The van der Waals surface area contributed by atoms with Gasteiger partial charge in [-0.3, -0.25) is 4.98 Å². The molecule has 3 aromatic rings. The zero-order valence-electron chi connectivity index (χ0n) is 9.92. The molecule has 3 heterocycles. The topological polar surface area (TPSA) is 63.8 Å². The van der Waals surface area contributed by atoms with E-state index in [1.165, 1.54) is 0 Å². The van der Waals surface area contributed by atoms with Crippen LogP contribution in [0.4, 0.5) is 5.82 Å². The SMILES string of the molecule is Cc1ccc(CNc2ccc3nccnc3n2)o1. The molecule has 0 spiro atoms. The fourth-order valence-electron chi connectivity index (χ4n) is 1.71. The van der Waals surface area contributed by atoms with Gasteiger partial charge in [-0.25, -0.2) is 9.97 Å². The summed E-state index contributed by atoms with van der Waals surface area (Å²) in [7, 11) is 0. The largest absolute Gasteiger partial charge is 0.465 e. The number of hydrogen-bond acceptors (Lipinski definition) is 5. The van der Waals surface area contributed by atoms with Crippen LogP contribution in [0.5, 0.6) is 0 Å². The standard InChI is InChI=1S/C13H12N4O/c1-9-2-3-10(18-9)8-16-12-5-4-11-13(17-12)15-7-6-14-11/h2-7H,8H2,1H3,(H,15,16,17). The van der Waals surface area contributed by atoms with Crippen LogP contribution in [0.2, 0.25) is 0 Å². The van der Waals surface area contributed by atoms with Crippen LogP contribution < -0.4 is 5.32 Å². The molecule has 0 amide bonds. The molecule has 0 radical (unpaired) electrons. The zero-order chi connectivity index (χ0) is 12.4. The Morgan fingerprint density at radius 1 is 1.11 bits per heavy atom. The Balaban J connectivity index is 1.78. The van der Waals surface area contributed by atoms with Crippen LogP contribution >= 0.6 is 0 Å². The zero-order valence-corrected chi connectivity index (χ0v) is 9.92. The third-order valence-electron chi connectivity index (χ3n) is 2.57. The number of nitrogens with zero attached hydrogens (tertiary/aromatic N) is 3. The van der Waals surface area contributed by atoms with Gasteiger partial charge in [0.05, 0.1) is 6.54 Å². The Hall–Kier alpha value is -2.43. The highest BCUT2D eigenvalue weighted by Gasteiger charge is 2.01. The number of hydrogen-bond donors (Lipinski definition) is 1. The maximum atomic E-state index is 5.47. The fourth-order valence-corrected chi connectivity index (χ4v) is 1.71. The minimum absolute atomic E-state index is 0.604. The minimum Gasteiger partial charge on any atom is -0.465 e. The van der Waals surface area contributed by atoms with Gasteiger partial charge in [0.15, 0.2) is 5.65 Å². The Kier molecular flexibility index (Phi) is 2.64. The van der Waals surface area contributed by atoms with Gasteiger partial charge in [-0.2, -0.15) is 0 Å². The Labute approximate surface area is 104 Å². The first-order chi connectivity index (χ1) is 8.81. The van der Waals surface area contributed by atoms with E-state index in [9.17, 15) is 0 Å². The van der Waals surface area contributed by atoms with Crippen molar-refractivity contribution in [2.45, 2.75) is 13.5 Å². The van der Waals surface area contributed by atoms with Crippen molar-refractivity contribution < 1.29 is 4.42 Å². The minimum atomic E-state index is 0.604. The molecular weight excluding hydrogens is 228 g/mol. The van der Waals surface area contributed by atoms with Gasteiger partial charge >= 0.3 is 0 Å². The second-order valence-electron chi connectivity index (χ2n) is 3.96. The van der Waals surface area contributed by atoms with E-state index in [1.54, 1.807) is 12.4 Å². The number of nitrogens with one attached hydrogen (secondary N) is 1. The normalized spacial score (nSPS) is 10.7. The van der Waals surface area contributed by atoms with Crippen molar-refractivity contribution in [1.82, 2.24) is 15.0 Å². The molecule has 0 saturated carbocycles. The van der Waals surface area contributed by atoms with Crippen LogP contribution in [-0.2, 0) is 6.54 Å². The lowest BCUT2D eigenvalue weighted by Crippen LogP contribution is -2.01. The quantitative estimate of drug-likeness (QED) is 0.762. The summed E-state index contributed by atoms with van der Waals surface area (Å²) in [5.41, 5.74) is 1.43. The van der Waals surface area contributed by atoms with Crippen LogP contribution in [0.1, 0.15) is 11.5 Å². The predicted octanol–water partition coefficient (Wildman–Crippen LogP) is 2.54. The number of pyridine rings is 1. The van der Waals surface area contributed by atoms with Crippen LogP contribution in [0.15, 0.2) is 41.1 Å². The number of anilines is 1. The van der Waals surface area contributed by atoms with E-state index in [-0.39, 0.29) is 0 Å². The van der Waals surface area contributed by atoms with Gasteiger partial charge in [-0.1, -0.05) is 0 Å². The van der Waals surface area contributed by atoms with E-state index >= 15 is 0 Å². The van der Waals surface area contributed by atoms with Gasteiger partial charge in [0.1, 0.15) is 22.9 Å². The summed E-state index contributed by atoms with van der Waals surface area (Å²) in [5, 5.41) is 3.19. The molecule has 90 valence electrons. The maximum Gasteiger partial charge on any atom is 0.180 e. The van der Waals surface area contributed by atoms with Gasteiger partial charge < -0.3 is 9.73 Å². The Morgan fingerprint density at radius 2 is 2.00 bits per heavy atom. The van der Waals surface area contributed by atoms with E-state index in [2.05, 4.69) is 20.3 Å². The number of aromatic nitrogens is 3. The van der Waals surface area contributed by atoms with Crippen molar-refractivity contribution in [3.8, 4) is 0 Å². The first-order valence-corrected chi connectivity index (χ1v) is 5.68. The van der Waals surface area contributed by atoms with Crippen LogP contribution in [-0.4, -0.2) is 15.0 Å². The van der Waals surface area contributed by atoms with Crippen molar-refractivity contribution in [3.05, 3.63) is 48.2 Å². The molecular formula is C13H12N4O. The Morgan fingerprint density at radius 3 is 2.83 bits per heavy atom. The van der Waals surface area contributed by atoms with Crippen LogP contribution in [0.25, 0.3) is 11.2 Å². The predicted molar refractivity (Wildman–Crippen MR) is 68.1 cm³/mol. The lowest BCUT2D eigenvalue weighted by atomic mass is 10.4. The van der Waals surface area contributed by atoms with Gasteiger partial charge in [0.2, 0.25) is 0 Å². The summed E-state index contributed by atoms with van der Waals surface area (Å²) < 4.78 is 5.47. The van der Waals surface area contributed by atoms with Crippen molar-refractivity contribution in [3.63, 3.8) is 0 Å². The molecule has 3 aromatic heterocycles. The van der Waals surface area contributed by atoms with E-state index in [4.69, 9.17) is 4.42 Å². The molecule has 0 aliphatic carbocycles. The van der Waals surface area contributed by atoms with E-state index in [0.29, 0.717) is 12.2 Å². The summed E-state index contributed by atoms with van der Waals surface area (Å²) in [5.74, 6) is 2.55. The average Bonchev–Trinajstić information content (AvgIpc) is 2.82. The Bertz CT molecular complexity index is 677. The molecule has 0 saturated heterocycles. The molecule has 5 nitrogen and oxygen atoms in total. The lowest BCUT2D eigenvalue weighted by molar-refractivity contribution is 0.490. The molecule has 0 unspecified atom stereocenters. The summed E-state index contributed by atoms with van der Waals surface area (Å²) in [4.78, 5) is 12.7. The van der Waals surface area contributed by atoms with Gasteiger partial charge in [-0.15, -0.1) is 0 Å². The molecule has 3 rings (SSSR count). The molecule has 0 aliphatic heterocycles. The van der Waals surface area contributed by atoms with Crippen LogP contribution in [0, 0.1) is 6.92 Å². The fraction of sp³-hybridized carbons (Fsp3) is 0.154. The first-order valence-electron chi connectivity index (χ1n) is 5.68. The van der Waals surface area contributed by atoms with E-state index in [1.807, 2.05) is 31.2 Å². The van der Waals surface area contributed by atoms with Crippen LogP contribution in [0.3, 0.4) is 0 Å². The number of furan rings is 1. The molecule has 18 heavy (non-hydrogen) atoms. The number of rotatable bonds is 3. The lowest BCUT2D eigenvalue weighted by Gasteiger charge is -2.03. The first kappa shape index (κ1) is 10.7.